The third kappa shape index (κ3) is 4.12. The molecule has 0 spiro atoms. The summed E-state index contributed by atoms with van der Waals surface area (Å²) in [4.78, 5) is 38.9. The molecule has 24 heavy (non-hydrogen) atoms. The third-order valence-corrected chi connectivity index (χ3v) is 5.08. The second-order valence-electron chi connectivity index (χ2n) is 5.59. The van der Waals surface area contributed by atoms with Crippen LogP contribution >= 0.6 is 11.3 Å². The highest BCUT2D eigenvalue weighted by Gasteiger charge is 2.26. The van der Waals surface area contributed by atoms with E-state index < -0.39 is 5.97 Å². The van der Waals surface area contributed by atoms with E-state index in [0.717, 1.165) is 37.3 Å². The zero-order valence-corrected chi connectivity index (χ0v) is 15.0. The van der Waals surface area contributed by atoms with Crippen LogP contribution in [0.4, 0.5) is 5.00 Å². The van der Waals surface area contributed by atoms with E-state index in [0.29, 0.717) is 15.4 Å². The maximum atomic E-state index is 12.3. The number of anilines is 1. The lowest BCUT2D eigenvalue weighted by Gasteiger charge is -2.14. The van der Waals surface area contributed by atoms with E-state index in [-0.39, 0.29) is 30.5 Å². The van der Waals surface area contributed by atoms with Crippen molar-refractivity contribution in [2.24, 2.45) is 0 Å². The molecule has 1 aliphatic heterocycles. The number of carbonyl (C=O) groups excluding carboxylic acids is 3. The fraction of sp³-hybridized carbons (Fsp3) is 0.562. The molecular weight excluding hydrogens is 330 g/mol. The van der Waals surface area contributed by atoms with Crippen LogP contribution in [-0.4, -0.2) is 56.0 Å². The van der Waals surface area contributed by atoms with Crippen molar-refractivity contribution in [1.29, 1.82) is 0 Å². The fourth-order valence-corrected chi connectivity index (χ4v) is 3.85. The first kappa shape index (κ1) is 18.4. The summed E-state index contributed by atoms with van der Waals surface area (Å²) in [5, 5.41) is 5.69. The van der Waals surface area contributed by atoms with Crippen molar-refractivity contribution >= 4 is 34.1 Å². The highest BCUT2D eigenvalue weighted by Crippen LogP contribution is 2.33. The van der Waals surface area contributed by atoms with Crippen LogP contribution in [0, 0.1) is 6.92 Å². The summed E-state index contributed by atoms with van der Waals surface area (Å²) in [5.74, 6) is -1.01. The van der Waals surface area contributed by atoms with Gasteiger partial charge in [0.1, 0.15) is 5.00 Å². The Kier molecular flexibility index (Phi) is 6.33. The summed E-state index contributed by atoms with van der Waals surface area (Å²) in [6.45, 7) is 5.73. The minimum absolute atomic E-state index is 0.188. The van der Waals surface area contributed by atoms with E-state index in [9.17, 15) is 14.4 Å². The predicted molar refractivity (Wildman–Crippen MR) is 92.7 cm³/mol. The highest BCUT2D eigenvalue weighted by atomic mass is 32.1. The molecule has 0 atom stereocenters. The second-order valence-corrected chi connectivity index (χ2v) is 6.61. The fourth-order valence-electron chi connectivity index (χ4n) is 2.69. The number of nitrogens with zero attached hydrogens (tertiary/aromatic N) is 1. The molecule has 0 unspecified atom stereocenters. The Morgan fingerprint density at radius 2 is 1.92 bits per heavy atom. The second kappa shape index (κ2) is 8.25. The molecule has 0 aromatic carbocycles. The first-order valence-corrected chi connectivity index (χ1v) is 8.84. The van der Waals surface area contributed by atoms with E-state index in [1.54, 1.807) is 13.8 Å². The summed E-state index contributed by atoms with van der Waals surface area (Å²) in [6.07, 6.45) is 2.20. The molecule has 2 amide bonds. The van der Waals surface area contributed by atoms with Gasteiger partial charge in [0.25, 0.3) is 5.91 Å². The van der Waals surface area contributed by atoms with E-state index in [1.807, 2.05) is 0 Å². The van der Waals surface area contributed by atoms with E-state index >= 15 is 0 Å². The summed E-state index contributed by atoms with van der Waals surface area (Å²) < 4.78 is 5.07. The standard InChI is InChI=1S/C16H23N3O4S/c1-4-23-16(22)12-10(2)13(14(21)17-3)24-15(12)18-11(20)9-19-7-5-6-8-19/h4-9H2,1-3H3,(H,17,21)(H,18,20). The van der Waals surface area contributed by atoms with Crippen LogP contribution in [0.25, 0.3) is 0 Å². The zero-order chi connectivity index (χ0) is 17.7. The number of likely N-dealkylation sites (tertiary alicyclic amines) is 1. The first-order valence-electron chi connectivity index (χ1n) is 8.02. The Bertz CT molecular complexity index is 636. The summed E-state index contributed by atoms with van der Waals surface area (Å²) in [7, 11) is 1.52. The number of thiophene rings is 1. The molecule has 7 nitrogen and oxygen atoms in total. The highest BCUT2D eigenvalue weighted by molar-refractivity contribution is 7.18. The van der Waals surface area contributed by atoms with Gasteiger partial charge >= 0.3 is 5.97 Å². The van der Waals surface area contributed by atoms with Gasteiger partial charge in [0.05, 0.1) is 23.6 Å². The molecule has 0 radical (unpaired) electrons. The van der Waals surface area contributed by atoms with Crippen molar-refractivity contribution < 1.29 is 19.1 Å². The van der Waals surface area contributed by atoms with Crippen LogP contribution in [0.1, 0.15) is 45.4 Å². The van der Waals surface area contributed by atoms with Crippen LogP contribution in [0.2, 0.25) is 0 Å². The van der Waals surface area contributed by atoms with Gasteiger partial charge in [-0.15, -0.1) is 11.3 Å². The maximum absolute atomic E-state index is 12.3. The van der Waals surface area contributed by atoms with Gasteiger partial charge in [0, 0.05) is 7.05 Å². The molecule has 1 fully saturated rings. The Morgan fingerprint density at radius 1 is 1.25 bits per heavy atom. The van der Waals surface area contributed by atoms with Gasteiger partial charge in [-0.05, 0) is 45.3 Å². The van der Waals surface area contributed by atoms with Crippen molar-refractivity contribution in [1.82, 2.24) is 10.2 Å². The van der Waals surface area contributed by atoms with Gasteiger partial charge in [0.15, 0.2) is 0 Å². The topological polar surface area (TPSA) is 87.7 Å². The van der Waals surface area contributed by atoms with Crippen molar-refractivity contribution in [2.75, 3.05) is 38.6 Å². The van der Waals surface area contributed by atoms with E-state index in [2.05, 4.69) is 15.5 Å². The number of hydrogen-bond donors (Lipinski definition) is 2. The van der Waals surface area contributed by atoms with Gasteiger partial charge in [-0.2, -0.15) is 0 Å². The minimum atomic E-state index is -0.530. The first-order chi connectivity index (χ1) is 11.5. The van der Waals surface area contributed by atoms with E-state index in [4.69, 9.17) is 4.74 Å². The SMILES string of the molecule is CCOC(=O)c1c(NC(=O)CN2CCCC2)sc(C(=O)NC)c1C. The molecule has 1 saturated heterocycles. The Hall–Kier alpha value is -1.93. The number of rotatable bonds is 6. The largest absolute Gasteiger partial charge is 0.462 e. The molecule has 2 N–H and O–H groups in total. The molecule has 1 aliphatic rings. The molecule has 0 bridgehead atoms. The average molecular weight is 353 g/mol. The van der Waals surface area contributed by atoms with Gasteiger partial charge in [0.2, 0.25) is 5.91 Å². The van der Waals surface area contributed by atoms with Crippen molar-refractivity contribution in [3.8, 4) is 0 Å². The van der Waals surface area contributed by atoms with Gasteiger partial charge < -0.3 is 15.4 Å². The quantitative estimate of drug-likeness (QED) is 0.759. The smallest absolute Gasteiger partial charge is 0.341 e. The van der Waals surface area contributed by atoms with Crippen LogP contribution in [0.5, 0.6) is 0 Å². The molecular formula is C16H23N3O4S. The Labute approximate surface area is 145 Å². The number of esters is 1. The number of ether oxygens (including phenoxy) is 1. The van der Waals surface area contributed by atoms with Crippen LogP contribution < -0.4 is 10.6 Å². The lowest BCUT2D eigenvalue weighted by molar-refractivity contribution is -0.117. The van der Waals surface area contributed by atoms with Crippen LogP contribution in [0.15, 0.2) is 0 Å². The molecule has 1 aromatic rings. The minimum Gasteiger partial charge on any atom is -0.462 e. The van der Waals surface area contributed by atoms with Gasteiger partial charge in [-0.1, -0.05) is 0 Å². The number of hydrogen-bond acceptors (Lipinski definition) is 6. The van der Waals surface area contributed by atoms with E-state index in [1.165, 1.54) is 7.05 Å². The number of amides is 2. The normalized spacial score (nSPS) is 14.5. The lowest BCUT2D eigenvalue weighted by Crippen LogP contribution is -2.31. The van der Waals surface area contributed by atoms with Crippen LogP contribution in [0.3, 0.4) is 0 Å². The third-order valence-electron chi connectivity index (χ3n) is 3.88. The van der Waals surface area contributed by atoms with Gasteiger partial charge in [-0.3, -0.25) is 14.5 Å². The summed E-state index contributed by atoms with van der Waals surface area (Å²) in [5.41, 5.74) is 0.782. The monoisotopic (exact) mass is 353 g/mol. The van der Waals surface area contributed by atoms with Gasteiger partial charge in [-0.25, -0.2) is 4.79 Å². The summed E-state index contributed by atoms with van der Waals surface area (Å²) in [6, 6.07) is 0. The molecule has 0 aliphatic carbocycles. The molecule has 8 heteroatoms. The predicted octanol–water partition coefficient (Wildman–Crippen LogP) is 1.63. The Morgan fingerprint density at radius 3 is 2.50 bits per heavy atom. The lowest BCUT2D eigenvalue weighted by atomic mass is 10.1. The zero-order valence-electron chi connectivity index (χ0n) is 14.2. The van der Waals surface area contributed by atoms with Crippen molar-refractivity contribution in [3.05, 3.63) is 16.0 Å². The molecule has 132 valence electrons. The van der Waals surface area contributed by atoms with Crippen LogP contribution in [-0.2, 0) is 9.53 Å². The molecule has 2 heterocycles. The average Bonchev–Trinajstić information content (AvgIpc) is 3.14. The Balaban J connectivity index is 2.23. The molecule has 1 aromatic heterocycles. The van der Waals surface area contributed by atoms with Crippen molar-refractivity contribution in [3.63, 3.8) is 0 Å². The number of nitrogens with one attached hydrogen (secondary N) is 2. The number of carbonyl (C=O) groups is 3. The van der Waals surface area contributed by atoms with Crippen molar-refractivity contribution in [2.45, 2.75) is 26.7 Å². The summed E-state index contributed by atoms with van der Waals surface area (Å²) >= 11 is 1.10. The maximum Gasteiger partial charge on any atom is 0.341 e. The molecule has 0 saturated carbocycles. The molecule has 2 rings (SSSR count).